The maximum absolute atomic E-state index is 12.2. The van der Waals surface area contributed by atoms with E-state index in [0.717, 1.165) is 24.3 Å². The molecule has 0 bridgehead atoms. The zero-order chi connectivity index (χ0) is 22.8. The van der Waals surface area contributed by atoms with Crippen molar-refractivity contribution in [1.29, 1.82) is 0 Å². The van der Waals surface area contributed by atoms with Crippen molar-refractivity contribution in [2.45, 2.75) is 55.4 Å². The van der Waals surface area contributed by atoms with Crippen molar-refractivity contribution in [2.24, 2.45) is 0 Å². The van der Waals surface area contributed by atoms with E-state index < -0.39 is 43.9 Å². The minimum absolute atomic E-state index is 0.581. The van der Waals surface area contributed by atoms with E-state index in [1.165, 1.54) is 0 Å². The van der Waals surface area contributed by atoms with Gasteiger partial charge in [0.25, 0.3) is 0 Å². The Morgan fingerprint density at radius 2 is 0.621 bits per heavy atom. The number of allylic oxidation sites excluding steroid dienone is 4. The summed E-state index contributed by atoms with van der Waals surface area (Å²) in [6.07, 6.45) is 4.40. The van der Waals surface area contributed by atoms with E-state index >= 15 is 0 Å². The fraction of sp³-hybridized carbons (Fsp3) is 0.400. The molecule has 0 spiro atoms. The Balaban J connectivity index is 6.25. The normalized spacial score (nSPS) is 9.93. The molecule has 0 aromatic heterocycles. The van der Waals surface area contributed by atoms with Crippen LogP contribution in [0.1, 0.15) is 55.4 Å². The molecule has 0 N–H and O–H groups in total. The number of hydrogen-bond donors (Lipinski definition) is 0. The Kier molecular flexibility index (Phi) is 11.3. The van der Waals surface area contributed by atoms with Gasteiger partial charge in [-0.05, 0) is 0 Å². The van der Waals surface area contributed by atoms with Gasteiger partial charge in [0.15, 0.2) is 0 Å². The third-order valence-electron chi connectivity index (χ3n) is 2.53. The summed E-state index contributed by atoms with van der Waals surface area (Å²) in [6, 6.07) is 0. The SMILES string of the molecule is CC(C)=CC(=O)[O][Sn]([O]C(=O)C=C(C)C)([O]C(=O)C=C(C)C)[O]C(=O)C=C(C)C. The summed E-state index contributed by atoms with van der Waals surface area (Å²) >= 11 is -5.84. The van der Waals surface area contributed by atoms with Crippen LogP contribution in [0.5, 0.6) is 0 Å². The number of carbonyl (C=O) groups is 4. The molecular formula is C20H28O8Sn. The number of rotatable bonds is 8. The van der Waals surface area contributed by atoms with E-state index in [-0.39, 0.29) is 0 Å². The molecule has 0 radical (unpaired) electrons. The van der Waals surface area contributed by atoms with Crippen LogP contribution in [0.25, 0.3) is 0 Å². The Bertz CT molecular complexity index is 637. The average molecular weight is 515 g/mol. The van der Waals surface area contributed by atoms with Gasteiger partial charge >= 0.3 is 177 Å². The monoisotopic (exact) mass is 516 g/mol. The molecule has 0 unspecified atom stereocenters. The van der Waals surface area contributed by atoms with Gasteiger partial charge in [-0.2, -0.15) is 0 Å². The van der Waals surface area contributed by atoms with Crippen LogP contribution in [-0.2, 0) is 31.5 Å². The van der Waals surface area contributed by atoms with Gasteiger partial charge < -0.3 is 0 Å². The Labute approximate surface area is 177 Å². The van der Waals surface area contributed by atoms with Crippen molar-refractivity contribution in [3.8, 4) is 0 Å². The Morgan fingerprint density at radius 1 is 0.448 bits per heavy atom. The third kappa shape index (κ3) is 12.7. The molecule has 0 aliphatic heterocycles. The first-order valence-electron chi connectivity index (χ1n) is 8.76. The molecular weight excluding hydrogens is 487 g/mol. The second-order valence-electron chi connectivity index (χ2n) is 7.07. The first-order valence-corrected chi connectivity index (χ1v) is 13.4. The molecule has 9 heteroatoms. The van der Waals surface area contributed by atoms with Crippen LogP contribution in [0.15, 0.2) is 46.6 Å². The Morgan fingerprint density at radius 3 is 0.759 bits per heavy atom. The van der Waals surface area contributed by atoms with Gasteiger partial charge in [0.1, 0.15) is 0 Å². The van der Waals surface area contributed by atoms with Gasteiger partial charge in [0, 0.05) is 0 Å². The summed E-state index contributed by atoms with van der Waals surface area (Å²) in [5, 5.41) is 0. The Hall–Kier alpha value is -2.36. The summed E-state index contributed by atoms with van der Waals surface area (Å²) in [5.41, 5.74) is 2.32. The molecule has 0 fully saturated rings. The van der Waals surface area contributed by atoms with Crippen molar-refractivity contribution in [3.05, 3.63) is 46.6 Å². The molecule has 0 saturated carbocycles. The van der Waals surface area contributed by atoms with Crippen LogP contribution in [0.4, 0.5) is 0 Å². The van der Waals surface area contributed by atoms with Crippen LogP contribution in [0, 0.1) is 0 Å². The third-order valence-corrected chi connectivity index (χ3v) is 7.68. The molecule has 0 atom stereocenters. The van der Waals surface area contributed by atoms with Gasteiger partial charge in [-0.25, -0.2) is 0 Å². The number of hydrogen-bond acceptors (Lipinski definition) is 8. The van der Waals surface area contributed by atoms with Gasteiger partial charge in [-0.15, -0.1) is 0 Å². The van der Waals surface area contributed by atoms with Crippen LogP contribution >= 0.6 is 0 Å². The van der Waals surface area contributed by atoms with Crippen LogP contribution in [0.2, 0.25) is 0 Å². The van der Waals surface area contributed by atoms with Gasteiger partial charge in [0.2, 0.25) is 0 Å². The summed E-state index contributed by atoms with van der Waals surface area (Å²) in [7, 11) is 0. The topological polar surface area (TPSA) is 105 Å². The number of carbonyl (C=O) groups excluding carboxylic acids is 4. The van der Waals surface area contributed by atoms with Gasteiger partial charge in [-0.3, -0.25) is 0 Å². The molecule has 160 valence electrons. The van der Waals surface area contributed by atoms with E-state index in [2.05, 4.69) is 0 Å². The molecule has 0 rings (SSSR count). The summed E-state index contributed by atoms with van der Waals surface area (Å²) in [4.78, 5) is 48.9. The first-order chi connectivity index (χ1) is 13.2. The average Bonchev–Trinajstić information content (AvgIpc) is 2.41. The van der Waals surface area contributed by atoms with Crippen molar-refractivity contribution in [2.75, 3.05) is 0 Å². The summed E-state index contributed by atoms with van der Waals surface area (Å²) in [5.74, 6) is -3.83. The van der Waals surface area contributed by atoms with E-state index in [4.69, 9.17) is 12.3 Å². The van der Waals surface area contributed by atoms with Gasteiger partial charge in [-0.1, -0.05) is 0 Å². The second-order valence-corrected chi connectivity index (χ2v) is 12.3. The van der Waals surface area contributed by atoms with E-state index in [1.807, 2.05) is 0 Å². The standard InChI is InChI=1S/4C5H8O2.Sn/c4*1-4(2)3-5(6)7;/h4*3H,1-2H3,(H,6,7);/q;;;;+4/p-4. The zero-order valence-electron chi connectivity index (χ0n) is 18.1. The molecule has 29 heavy (non-hydrogen) atoms. The molecule has 0 aliphatic carbocycles. The predicted molar refractivity (Wildman–Crippen MR) is 108 cm³/mol. The second kappa shape index (κ2) is 12.3. The summed E-state index contributed by atoms with van der Waals surface area (Å²) in [6.45, 7) is 13.1. The molecule has 0 amide bonds. The van der Waals surface area contributed by atoms with Crippen LogP contribution in [-0.4, -0.2) is 43.9 Å². The van der Waals surface area contributed by atoms with Crippen molar-refractivity contribution < 1.29 is 31.5 Å². The van der Waals surface area contributed by atoms with E-state index in [0.29, 0.717) is 22.3 Å². The fourth-order valence-electron chi connectivity index (χ4n) is 1.68. The molecule has 0 aromatic rings. The first kappa shape index (κ1) is 26.6. The van der Waals surface area contributed by atoms with Crippen LogP contribution in [0.3, 0.4) is 0 Å². The van der Waals surface area contributed by atoms with Gasteiger partial charge in [0.05, 0.1) is 0 Å². The minimum atomic E-state index is -5.84. The van der Waals surface area contributed by atoms with Crippen molar-refractivity contribution >= 4 is 43.9 Å². The zero-order valence-corrected chi connectivity index (χ0v) is 20.9. The molecule has 8 nitrogen and oxygen atoms in total. The molecule has 0 aromatic carbocycles. The maximum atomic E-state index is 12.2. The van der Waals surface area contributed by atoms with Crippen molar-refractivity contribution in [1.82, 2.24) is 0 Å². The van der Waals surface area contributed by atoms with Crippen LogP contribution < -0.4 is 0 Å². The molecule has 0 heterocycles. The quantitative estimate of drug-likeness (QED) is 0.358. The fourth-order valence-corrected chi connectivity index (χ4v) is 5.88. The molecule has 0 saturated heterocycles. The van der Waals surface area contributed by atoms with E-state index in [1.54, 1.807) is 55.4 Å². The summed E-state index contributed by atoms with van der Waals surface area (Å²) < 4.78 is 20.7. The predicted octanol–water partition coefficient (Wildman–Crippen LogP) is 3.46. The van der Waals surface area contributed by atoms with Crippen molar-refractivity contribution in [3.63, 3.8) is 0 Å². The van der Waals surface area contributed by atoms with E-state index in [9.17, 15) is 19.2 Å². The molecule has 0 aliphatic rings.